The third kappa shape index (κ3) is 3.59. The number of carbonyl (C=O) groups is 2. The summed E-state index contributed by atoms with van der Waals surface area (Å²) >= 11 is 0. The Bertz CT molecular complexity index is 751. The van der Waals surface area contributed by atoms with Gasteiger partial charge in [0.2, 0.25) is 11.8 Å². The predicted octanol–water partition coefficient (Wildman–Crippen LogP) is 2.42. The molecule has 23 heavy (non-hydrogen) atoms. The molecule has 1 aliphatic rings. The van der Waals surface area contributed by atoms with Gasteiger partial charge in [0, 0.05) is 36.3 Å². The van der Waals surface area contributed by atoms with Crippen LogP contribution in [0, 0.1) is 12.8 Å². The van der Waals surface area contributed by atoms with Crippen LogP contribution >= 0.6 is 0 Å². The van der Waals surface area contributed by atoms with Gasteiger partial charge in [-0.3, -0.25) is 9.59 Å². The number of hydrogen-bond acceptors (Lipinski definition) is 3. The van der Waals surface area contributed by atoms with Crippen molar-refractivity contribution in [3.05, 3.63) is 41.5 Å². The minimum atomic E-state index is -0.136. The summed E-state index contributed by atoms with van der Waals surface area (Å²) in [6.45, 7) is 3.39. The maximum atomic E-state index is 12.5. The lowest BCUT2D eigenvalue weighted by atomic mass is 9.89. The molecule has 2 aromatic rings. The van der Waals surface area contributed by atoms with Crippen LogP contribution < -0.4 is 10.6 Å². The van der Waals surface area contributed by atoms with Gasteiger partial charge in [0.15, 0.2) is 0 Å². The summed E-state index contributed by atoms with van der Waals surface area (Å²) in [5, 5.41) is 5.65. The molecule has 6 nitrogen and oxygen atoms in total. The van der Waals surface area contributed by atoms with Crippen molar-refractivity contribution >= 4 is 23.2 Å². The van der Waals surface area contributed by atoms with Gasteiger partial charge in [0.05, 0.1) is 5.69 Å². The van der Waals surface area contributed by atoms with E-state index in [9.17, 15) is 9.59 Å². The van der Waals surface area contributed by atoms with Crippen LogP contribution in [0.3, 0.4) is 0 Å². The molecule has 1 aromatic carbocycles. The molecule has 3 N–H and O–H groups in total. The van der Waals surface area contributed by atoms with Crippen molar-refractivity contribution in [2.45, 2.75) is 33.1 Å². The number of aromatic amines is 1. The van der Waals surface area contributed by atoms with Crippen molar-refractivity contribution in [2.75, 3.05) is 10.6 Å². The van der Waals surface area contributed by atoms with Crippen molar-refractivity contribution in [3.63, 3.8) is 0 Å². The Morgan fingerprint density at radius 1 is 1.26 bits per heavy atom. The maximum absolute atomic E-state index is 12.5. The number of rotatable bonds is 3. The number of carbonyl (C=O) groups excluding carboxylic acids is 2. The minimum absolute atomic E-state index is 0.00266. The molecule has 6 heteroatoms. The topological polar surface area (TPSA) is 86.9 Å². The molecule has 0 saturated carbocycles. The third-order valence-electron chi connectivity index (χ3n) is 3.98. The number of nitrogens with one attached hydrogen (secondary N) is 3. The van der Waals surface area contributed by atoms with Gasteiger partial charge < -0.3 is 15.6 Å². The Morgan fingerprint density at radius 2 is 2.00 bits per heavy atom. The van der Waals surface area contributed by atoms with Crippen LogP contribution in [0.4, 0.5) is 11.4 Å². The van der Waals surface area contributed by atoms with E-state index in [1.165, 1.54) is 6.92 Å². The highest BCUT2D eigenvalue weighted by Crippen LogP contribution is 2.25. The molecule has 3 rings (SSSR count). The van der Waals surface area contributed by atoms with E-state index in [4.69, 9.17) is 0 Å². The lowest BCUT2D eigenvalue weighted by Crippen LogP contribution is -2.28. The zero-order chi connectivity index (χ0) is 16.4. The molecular formula is C17H20N4O2. The number of anilines is 2. The number of benzene rings is 1. The first-order valence-corrected chi connectivity index (χ1v) is 7.74. The minimum Gasteiger partial charge on any atom is -0.346 e. The summed E-state index contributed by atoms with van der Waals surface area (Å²) in [6.07, 6.45) is 2.31. The van der Waals surface area contributed by atoms with Crippen molar-refractivity contribution in [1.82, 2.24) is 9.97 Å². The second kappa shape index (κ2) is 6.24. The number of hydrogen-bond donors (Lipinski definition) is 3. The average Bonchev–Trinajstić information content (AvgIpc) is 2.85. The number of H-pyrrole nitrogens is 1. The molecule has 1 heterocycles. The van der Waals surface area contributed by atoms with Crippen LogP contribution in [-0.2, 0) is 22.4 Å². The Morgan fingerprint density at radius 3 is 2.74 bits per heavy atom. The molecule has 1 aromatic heterocycles. The Hall–Kier alpha value is -2.63. The first-order chi connectivity index (χ1) is 11.0. The van der Waals surface area contributed by atoms with Crippen LogP contribution in [0.2, 0.25) is 0 Å². The molecule has 120 valence electrons. The van der Waals surface area contributed by atoms with Gasteiger partial charge in [-0.1, -0.05) is 6.07 Å². The van der Waals surface area contributed by atoms with E-state index in [1.807, 2.05) is 13.0 Å². The largest absolute Gasteiger partial charge is 0.346 e. The zero-order valence-electron chi connectivity index (χ0n) is 13.3. The SMILES string of the molecule is CC(=O)Nc1cccc(NC(=O)C2CCc3nc(C)[nH]c3C2)c1. The summed E-state index contributed by atoms with van der Waals surface area (Å²) in [4.78, 5) is 31.3. The van der Waals surface area contributed by atoms with E-state index in [-0.39, 0.29) is 17.7 Å². The van der Waals surface area contributed by atoms with Crippen LogP contribution in [0.25, 0.3) is 0 Å². The highest BCUT2D eigenvalue weighted by Gasteiger charge is 2.26. The normalized spacial score (nSPS) is 16.5. The fourth-order valence-electron chi connectivity index (χ4n) is 2.97. The van der Waals surface area contributed by atoms with Crippen molar-refractivity contribution in [2.24, 2.45) is 5.92 Å². The first-order valence-electron chi connectivity index (χ1n) is 7.74. The predicted molar refractivity (Wildman–Crippen MR) is 88.2 cm³/mol. The van der Waals surface area contributed by atoms with Crippen molar-refractivity contribution < 1.29 is 9.59 Å². The molecule has 2 amide bonds. The smallest absolute Gasteiger partial charge is 0.227 e. The van der Waals surface area contributed by atoms with E-state index < -0.39 is 0 Å². The molecule has 0 saturated heterocycles. The number of nitrogens with zero attached hydrogens (tertiary/aromatic N) is 1. The van der Waals surface area contributed by atoms with E-state index >= 15 is 0 Å². The summed E-state index contributed by atoms with van der Waals surface area (Å²) in [6, 6.07) is 7.17. The third-order valence-corrected chi connectivity index (χ3v) is 3.98. The van der Waals surface area contributed by atoms with Crippen molar-refractivity contribution in [1.29, 1.82) is 0 Å². The van der Waals surface area contributed by atoms with Gasteiger partial charge in [0.1, 0.15) is 5.82 Å². The van der Waals surface area contributed by atoms with E-state index in [1.54, 1.807) is 18.2 Å². The summed E-state index contributed by atoms with van der Waals surface area (Å²) in [5.74, 6) is 0.705. The second-order valence-electron chi connectivity index (χ2n) is 5.94. The van der Waals surface area contributed by atoms with E-state index in [0.29, 0.717) is 17.8 Å². The zero-order valence-corrected chi connectivity index (χ0v) is 13.3. The van der Waals surface area contributed by atoms with Gasteiger partial charge in [-0.15, -0.1) is 0 Å². The molecule has 0 radical (unpaired) electrons. The number of aromatic nitrogens is 2. The number of fused-ring (bicyclic) bond motifs is 1. The van der Waals surface area contributed by atoms with Gasteiger partial charge in [-0.25, -0.2) is 4.98 Å². The number of aryl methyl sites for hydroxylation is 2. The Labute approximate surface area is 134 Å². The summed E-state index contributed by atoms with van der Waals surface area (Å²) in [5.41, 5.74) is 3.51. The Balaban J connectivity index is 1.67. The summed E-state index contributed by atoms with van der Waals surface area (Å²) in [7, 11) is 0. The molecule has 1 aliphatic carbocycles. The second-order valence-corrected chi connectivity index (χ2v) is 5.94. The van der Waals surface area contributed by atoms with Crippen LogP contribution in [0.15, 0.2) is 24.3 Å². The number of imidazole rings is 1. The lowest BCUT2D eigenvalue weighted by molar-refractivity contribution is -0.120. The molecule has 0 bridgehead atoms. The molecule has 0 spiro atoms. The summed E-state index contributed by atoms with van der Waals surface area (Å²) < 4.78 is 0. The van der Waals surface area contributed by atoms with E-state index in [2.05, 4.69) is 20.6 Å². The van der Waals surface area contributed by atoms with Crippen LogP contribution in [0.1, 0.15) is 30.6 Å². The Kier molecular flexibility index (Phi) is 4.14. The quantitative estimate of drug-likeness (QED) is 0.813. The molecule has 0 fully saturated rings. The molecular weight excluding hydrogens is 292 g/mol. The van der Waals surface area contributed by atoms with Gasteiger partial charge in [-0.05, 0) is 38.0 Å². The van der Waals surface area contributed by atoms with Crippen LogP contribution in [0.5, 0.6) is 0 Å². The maximum Gasteiger partial charge on any atom is 0.227 e. The highest BCUT2D eigenvalue weighted by atomic mass is 16.2. The molecule has 1 atom stereocenters. The standard InChI is InChI=1S/C17H20N4O2/c1-10-18-15-7-6-12(8-16(15)19-10)17(23)21-14-5-3-4-13(9-14)20-11(2)22/h3-5,9,12H,6-8H2,1-2H3,(H,18,19)(H,20,22)(H,21,23). The first kappa shape index (κ1) is 15.3. The number of amides is 2. The highest BCUT2D eigenvalue weighted by molar-refractivity contribution is 5.94. The molecule has 1 unspecified atom stereocenters. The molecule has 0 aliphatic heterocycles. The van der Waals surface area contributed by atoms with Crippen molar-refractivity contribution in [3.8, 4) is 0 Å². The van der Waals surface area contributed by atoms with E-state index in [0.717, 1.165) is 30.1 Å². The lowest BCUT2D eigenvalue weighted by Gasteiger charge is -2.20. The van der Waals surface area contributed by atoms with Gasteiger partial charge >= 0.3 is 0 Å². The monoisotopic (exact) mass is 312 g/mol. The van der Waals surface area contributed by atoms with Gasteiger partial charge in [-0.2, -0.15) is 0 Å². The average molecular weight is 312 g/mol. The fourth-order valence-corrected chi connectivity index (χ4v) is 2.97. The fraction of sp³-hybridized carbons (Fsp3) is 0.353. The van der Waals surface area contributed by atoms with Crippen LogP contribution in [-0.4, -0.2) is 21.8 Å². The van der Waals surface area contributed by atoms with Gasteiger partial charge in [0.25, 0.3) is 0 Å².